The van der Waals surface area contributed by atoms with Crippen molar-refractivity contribution < 1.29 is 8.83 Å². The van der Waals surface area contributed by atoms with E-state index in [9.17, 15) is 0 Å². The summed E-state index contributed by atoms with van der Waals surface area (Å²) >= 11 is 0. The molecule has 0 amide bonds. The van der Waals surface area contributed by atoms with Crippen molar-refractivity contribution in [2.75, 3.05) is 4.90 Å². The lowest BCUT2D eigenvalue weighted by atomic mass is 9.97. The lowest BCUT2D eigenvalue weighted by molar-refractivity contribution is 0.668. The predicted molar refractivity (Wildman–Crippen MR) is 204 cm³/mol. The van der Waals surface area contributed by atoms with Crippen LogP contribution in [0.1, 0.15) is 0 Å². The first-order chi connectivity index (χ1) is 24.3. The van der Waals surface area contributed by atoms with E-state index in [1.807, 2.05) is 24.3 Å². The Balaban J connectivity index is 1.16. The number of fused-ring (bicyclic) bond motifs is 7. The molecule has 3 nitrogen and oxygen atoms in total. The third kappa shape index (κ3) is 4.44. The molecule has 10 aromatic rings. The van der Waals surface area contributed by atoms with E-state index in [4.69, 9.17) is 8.83 Å². The second-order valence-corrected chi connectivity index (χ2v) is 12.5. The number of furan rings is 2. The fourth-order valence-electron chi connectivity index (χ4n) is 7.42. The second kappa shape index (κ2) is 11.0. The number of nitrogens with zero attached hydrogens (tertiary/aromatic N) is 1. The molecule has 0 N–H and O–H groups in total. The zero-order chi connectivity index (χ0) is 32.3. The van der Waals surface area contributed by atoms with Crippen LogP contribution in [0.15, 0.2) is 185 Å². The fraction of sp³-hybridized carbons (Fsp3) is 0. The first-order valence-electron chi connectivity index (χ1n) is 16.6. The van der Waals surface area contributed by atoms with Crippen molar-refractivity contribution >= 4 is 71.7 Å². The van der Waals surface area contributed by atoms with E-state index >= 15 is 0 Å². The van der Waals surface area contributed by atoms with Crippen LogP contribution < -0.4 is 4.90 Å². The van der Waals surface area contributed by atoms with Gasteiger partial charge in [-0.3, -0.25) is 0 Å². The lowest BCUT2D eigenvalue weighted by Gasteiger charge is -2.29. The van der Waals surface area contributed by atoms with Gasteiger partial charge in [0.25, 0.3) is 0 Å². The Bertz CT molecular complexity index is 2830. The molecule has 2 heterocycles. The Hall–Kier alpha value is -6.58. The first kappa shape index (κ1) is 27.5. The number of rotatable bonds is 5. The molecule has 0 aliphatic carbocycles. The molecule has 0 spiro atoms. The Morgan fingerprint density at radius 3 is 1.80 bits per heavy atom. The molecule has 0 aliphatic heterocycles. The van der Waals surface area contributed by atoms with Crippen LogP contribution in [0.2, 0.25) is 0 Å². The summed E-state index contributed by atoms with van der Waals surface area (Å²) in [6.45, 7) is 0. The van der Waals surface area contributed by atoms with E-state index in [1.165, 1.54) is 10.8 Å². The minimum absolute atomic E-state index is 0.885. The first-order valence-corrected chi connectivity index (χ1v) is 16.6. The molecule has 0 unspecified atom stereocenters. The van der Waals surface area contributed by atoms with E-state index in [1.54, 1.807) is 0 Å². The molecule has 0 saturated carbocycles. The van der Waals surface area contributed by atoms with Crippen molar-refractivity contribution in [1.82, 2.24) is 0 Å². The Morgan fingerprint density at radius 2 is 0.918 bits per heavy atom. The van der Waals surface area contributed by atoms with Crippen LogP contribution in [0, 0.1) is 0 Å². The quantitative estimate of drug-likeness (QED) is 0.190. The van der Waals surface area contributed by atoms with Gasteiger partial charge in [0.2, 0.25) is 0 Å². The summed E-state index contributed by atoms with van der Waals surface area (Å²) in [6.07, 6.45) is 0. The molecule has 3 heteroatoms. The van der Waals surface area contributed by atoms with E-state index in [-0.39, 0.29) is 0 Å². The van der Waals surface area contributed by atoms with Crippen molar-refractivity contribution in [1.29, 1.82) is 0 Å². The van der Waals surface area contributed by atoms with Crippen LogP contribution in [-0.2, 0) is 0 Å². The van der Waals surface area contributed by atoms with Crippen molar-refractivity contribution in [2.24, 2.45) is 0 Å². The highest BCUT2D eigenvalue weighted by atomic mass is 16.3. The van der Waals surface area contributed by atoms with Gasteiger partial charge in [0.15, 0.2) is 0 Å². The zero-order valence-corrected chi connectivity index (χ0v) is 26.5. The third-order valence-electron chi connectivity index (χ3n) is 9.68. The van der Waals surface area contributed by atoms with E-state index in [0.717, 1.165) is 83.2 Å². The van der Waals surface area contributed by atoms with Crippen LogP contribution in [-0.4, -0.2) is 0 Å². The van der Waals surface area contributed by atoms with Gasteiger partial charge < -0.3 is 13.7 Å². The molecular formula is C46H29NO2. The number of para-hydroxylation sites is 3. The maximum absolute atomic E-state index is 6.33. The third-order valence-corrected chi connectivity index (χ3v) is 9.68. The topological polar surface area (TPSA) is 29.5 Å². The van der Waals surface area contributed by atoms with Crippen LogP contribution in [0.5, 0.6) is 0 Å². The van der Waals surface area contributed by atoms with Crippen LogP contribution in [0.4, 0.5) is 17.1 Å². The normalized spacial score (nSPS) is 11.7. The standard InChI is InChI=1S/C46H29NO2/c1-2-13-34-30(11-1)12-9-19-41(34)47(33-26-23-31(24-27-33)36-17-10-22-44-46(36)39-16-5-8-21-43(39)48-44)40-18-6-3-14-35(40)32-25-28-38-37-15-4-7-20-42(37)49-45(38)29-32/h1-29H. The van der Waals surface area contributed by atoms with Gasteiger partial charge in [0, 0.05) is 38.2 Å². The van der Waals surface area contributed by atoms with Crippen LogP contribution in [0.25, 0.3) is 76.9 Å². The van der Waals surface area contributed by atoms with Crippen LogP contribution >= 0.6 is 0 Å². The van der Waals surface area contributed by atoms with Gasteiger partial charge in [0.05, 0.1) is 11.4 Å². The monoisotopic (exact) mass is 627 g/mol. The summed E-state index contributed by atoms with van der Waals surface area (Å²) in [5.74, 6) is 0. The summed E-state index contributed by atoms with van der Waals surface area (Å²) < 4.78 is 12.5. The predicted octanol–water partition coefficient (Wildman–Crippen LogP) is 13.4. The molecule has 0 radical (unpaired) electrons. The number of hydrogen-bond donors (Lipinski definition) is 0. The SMILES string of the molecule is c1ccc(N(c2ccc(-c3cccc4oc5ccccc5c34)cc2)c2cccc3ccccc23)c(-c2ccc3c(c2)oc2ccccc23)c1. The summed E-state index contributed by atoms with van der Waals surface area (Å²) in [5.41, 5.74) is 11.4. The molecule has 0 saturated heterocycles. The van der Waals surface area contributed by atoms with E-state index in [2.05, 4.69) is 157 Å². The van der Waals surface area contributed by atoms with Gasteiger partial charge in [-0.25, -0.2) is 0 Å². The second-order valence-electron chi connectivity index (χ2n) is 12.5. The summed E-state index contributed by atoms with van der Waals surface area (Å²) in [5, 5.41) is 6.91. The van der Waals surface area contributed by atoms with Gasteiger partial charge in [-0.15, -0.1) is 0 Å². The summed E-state index contributed by atoms with van der Waals surface area (Å²) in [4.78, 5) is 2.39. The van der Waals surface area contributed by atoms with Crippen molar-refractivity contribution in [3.8, 4) is 22.3 Å². The highest BCUT2D eigenvalue weighted by Gasteiger charge is 2.20. The Labute approximate surface area is 282 Å². The van der Waals surface area contributed by atoms with E-state index in [0.29, 0.717) is 0 Å². The maximum atomic E-state index is 6.33. The van der Waals surface area contributed by atoms with E-state index < -0.39 is 0 Å². The molecule has 10 rings (SSSR count). The molecule has 230 valence electrons. The van der Waals surface area contributed by atoms with Gasteiger partial charge in [-0.05, 0) is 76.7 Å². The van der Waals surface area contributed by atoms with Gasteiger partial charge in [0.1, 0.15) is 22.3 Å². The molecule has 8 aromatic carbocycles. The van der Waals surface area contributed by atoms with Crippen molar-refractivity contribution in [3.63, 3.8) is 0 Å². The highest BCUT2D eigenvalue weighted by Crippen LogP contribution is 2.45. The molecule has 0 aliphatic rings. The van der Waals surface area contributed by atoms with Crippen molar-refractivity contribution in [3.05, 3.63) is 176 Å². The molecular weight excluding hydrogens is 599 g/mol. The summed E-state index contributed by atoms with van der Waals surface area (Å²) in [6, 6.07) is 62.1. The number of anilines is 3. The lowest BCUT2D eigenvalue weighted by Crippen LogP contribution is -2.11. The van der Waals surface area contributed by atoms with Crippen LogP contribution in [0.3, 0.4) is 0 Å². The number of hydrogen-bond acceptors (Lipinski definition) is 3. The minimum Gasteiger partial charge on any atom is -0.456 e. The maximum Gasteiger partial charge on any atom is 0.136 e. The van der Waals surface area contributed by atoms with Gasteiger partial charge >= 0.3 is 0 Å². The van der Waals surface area contributed by atoms with Gasteiger partial charge in [-0.1, -0.05) is 121 Å². The highest BCUT2D eigenvalue weighted by molar-refractivity contribution is 6.12. The molecule has 0 fully saturated rings. The summed E-state index contributed by atoms with van der Waals surface area (Å²) in [7, 11) is 0. The number of benzene rings is 8. The Morgan fingerprint density at radius 1 is 0.347 bits per heavy atom. The average molecular weight is 628 g/mol. The molecule has 2 aromatic heterocycles. The van der Waals surface area contributed by atoms with Gasteiger partial charge in [-0.2, -0.15) is 0 Å². The molecule has 0 bridgehead atoms. The fourth-order valence-corrected chi connectivity index (χ4v) is 7.42. The minimum atomic E-state index is 0.885. The molecule has 0 atom stereocenters. The molecule has 49 heavy (non-hydrogen) atoms. The van der Waals surface area contributed by atoms with Crippen molar-refractivity contribution in [2.45, 2.75) is 0 Å². The smallest absolute Gasteiger partial charge is 0.136 e. The zero-order valence-electron chi connectivity index (χ0n) is 26.5. The Kier molecular flexibility index (Phi) is 6.18. The largest absolute Gasteiger partial charge is 0.456 e. The average Bonchev–Trinajstić information content (AvgIpc) is 3.74.